The van der Waals surface area contributed by atoms with Crippen LogP contribution in [0.15, 0.2) is 48.5 Å². The van der Waals surface area contributed by atoms with Gasteiger partial charge in [-0.25, -0.2) is 4.79 Å². The minimum absolute atomic E-state index is 0.113. The molecule has 2 amide bonds. The van der Waals surface area contributed by atoms with Crippen LogP contribution < -0.4 is 10.1 Å². The van der Waals surface area contributed by atoms with E-state index in [-0.39, 0.29) is 11.3 Å². The third-order valence-electron chi connectivity index (χ3n) is 3.05. The Balaban J connectivity index is 1.89. The lowest BCUT2D eigenvalue weighted by Crippen LogP contribution is -2.34. The van der Waals surface area contributed by atoms with Crippen molar-refractivity contribution in [1.82, 2.24) is 5.32 Å². The fraction of sp³-hybridized carbons (Fsp3) is 0.118. The Bertz CT molecular complexity index is 757. The van der Waals surface area contributed by atoms with Gasteiger partial charge >= 0.3 is 5.97 Å². The number of amides is 2. The third-order valence-corrected chi connectivity index (χ3v) is 3.05. The Labute approximate surface area is 137 Å². The number of benzene rings is 2. The molecule has 7 nitrogen and oxygen atoms in total. The Morgan fingerprint density at radius 1 is 1.08 bits per heavy atom. The van der Waals surface area contributed by atoms with Gasteiger partial charge in [-0.05, 0) is 24.3 Å². The summed E-state index contributed by atoms with van der Waals surface area (Å²) in [7, 11) is 1.42. The van der Waals surface area contributed by atoms with E-state index in [1.165, 1.54) is 25.3 Å². The molecule has 0 unspecified atom stereocenters. The number of rotatable bonds is 5. The van der Waals surface area contributed by atoms with Crippen molar-refractivity contribution < 1.29 is 29.0 Å². The Kier molecular flexibility index (Phi) is 5.51. The second-order valence-electron chi connectivity index (χ2n) is 4.70. The fourth-order valence-corrected chi connectivity index (χ4v) is 1.84. The second kappa shape index (κ2) is 7.77. The predicted molar refractivity (Wildman–Crippen MR) is 83.9 cm³/mol. The van der Waals surface area contributed by atoms with Gasteiger partial charge in [-0.2, -0.15) is 0 Å². The summed E-state index contributed by atoms with van der Waals surface area (Å²) in [5.41, 5.74) is 0.197. The van der Waals surface area contributed by atoms with Gasteiger partial charge in [0.2, 0.25) is 0 Å². The first-order chi connectivity index (χ1) is 11.5. The van der Waals surface area contributed by atoms with Crippen LogP contribution in [0.2, 0.25) is 0 Å². The number of methoxy groups -OCH3 is 1. The Hall–Kier alpha value is -3.35. The number of nitrogens with one attached hydrogen (secondary N) is 1. The minimum Gasteiger partial charge on any atom is -0.507 e. The molecule has 0 saturated heterocycles. The lowest BCUT2D eigenvalue weighted by Gasteiger charge is -2.08. The van der Waals surface area contributed by atoms with Crippen molar-refractivity contribution in [2.24, 2.45) is 0 Å². The van der Waals surface area contributed by atoms with Crippen molar-refractivity contribution in [2.75, 3.05) is 13.7 Å². The van der Waals surface area contributed by atoms with Crippen LogP contribution in [-0.2, 0) is 9.53 Å². The van der Waals surface area contributed by atoms with E-state index in [2.05, 4.69) is 5.32 Å². The number of phenolic OH excluding ortho intramolecular Hbond substituents is 1. The van der Waals surface area contributed by atoms with Crippen LogP contribution in [0.3, 0.4) is 0 Å². The zero-order valence-electron chi connectivity index (χ0n) is 12.8. The summed E-state index contributed by atoms with van der Waals surface area (Å²) in [4.78, 5) is 35.3. The number of hydrogen-bond acceptors (Lipinski definition) is 6. The molecule has 0 radical (unpaired) electrons. The van der Waals surface area contributed by atoms with Crippen LogP contribution in [0.4, 0.5) is 0 Å². The summed E-state index contributed by atoms with van der Waals surface area (Å²) >= 11 is 0. The van der Waals surface area contributed by atoms with E-state index in [1.54, 1.807) is 30.3 Å². The number of imide groups is 1. The molecule has 0 aliphatic rings. The highest BCUT2D eigenvalue weighted by molar-refractivity contribution is 6.05. The lowest BCUT2D eigenvalue weighted by atomic mass is 10.2. The van der Waals surface area contributed by atoms with Gasteiger partial charge in [-0.3, -0.25) is 14.9 Å². The normalized spacial score (nSPS) is 9.88. The molecule has 2 aromatic carbocycles. The van der Waals surface area contributed by atoms with Crippen LogP contribution >= 0.6 is 0 Å². The Morgan fingerprint density at radius 2 is 1.79 bits per heavy atom. The molecule has 0 saturated carbocycles. The van der Waals surface area contributed by atoms with Crippen LogP contribution in [0.5, 0.6) is 11.5 Å². The molecule has 0 spiro atoms. The summed E-state index contributed by atoms with van der Waals surface area (Å²) < 4.78 is 9.68. The molecule has 0 aromatic heterocycles. The molecule has 24 heavy (non-hydrogen) atoms. The van der Waals surface area contributed by atoms with Crippen molar-refractivity contribution in [3.8, 4) is 11.5 Å². The number of carbonyl (C=O) groups is 3. The average molecular weight is 329 g/mol. The highest BCUT2D eigenvalue weighted by Gasteiger charge is 2.16. The fourth-order valence-electron chi connectivity index (χ4n) is 1.84. The molecule has 0 aliphatic carbocycles. The largest absolute Gasteiger partial charge is 0.507 e. The van der Waals surface area contributed by atoms with E-state index in [0.29, 0.717) is 11.3 Å². The van der Waals surface area contributed by atoms with Gasteiger partial charge < -0.3 is 14.6 Å². The van der Waals surface area contributed by atoms with E-state index in [0.717, 1.165) is 0 Å². The van der Waals surface area contributed by atoms with Crippen LogP contribution in [0, 0.1) is 0 Å². The maximum absolute atomic E-state index is 11.8. The molecule has 0 fully saturated rings. The minimum atomic E-state index is -0.891. The number of aromatic hydroxyl groups is 1. The molecule has 0 bridgehead atoms. The first-order valence-corrected chi connectivity index (χ1v) is 6.94. The summed E-state index contributed by atoms with van der Waals surface area (Å²) in [5.74, 6) is -2.22. The van der Waals surface area contributed by atoms with Crippen molar-refractivity contribution in [1.29, 1.82) is 0 Å². The van der Waals surface area contributed by atoms with E-state index < -0.39 is 24.4 Å². The van der Waals surface area contributed by atoms with E-state index in [9.17, 15) is 19.5 Å². The monoisotopic (exact) mass is 329 g/mol. The number of esters is 1. The average Bonchev–Trinajstić information content (AvgIpc) is 2.60. The van der Waals surface area contributed by atoms with Crippen molar-refractivity contribution in [2.45, 2.75) is 0 Å². The molecule has 2 rings (SSSR count). The van der Waals surface area contributed by atoms with Gasteiger partial charge in [0.15, 0.2) is 6.61 Å². The molecular formula is C17H15NO6. The summed E-state index contributed by atoms with van der Waals surface area (Å²) in [6.45, 7) is -0.650. The standard InChI is InChI=1S/C17H15NO6/c1-23-12-7-8-13(14(19)9-12)17(22)24-10-15(20)18-16(21)11-5-3-2-4-6-11/h2-9,19H,10H2,1H3,(H,18,20,21). The molecule has 2 aromatic rings. The smallest absolute Gasteiger partial charge is 0.342 e. The van der Waals surface area contributed by atoms with Crippen LogP contribution in [0.1, 0.15) is 20.7 Å². The van der Waals surface area contributed by atoms with E-state index in [1.807, 2.05) is 0 Å². The molecule has 2 N–H and O–H groups in total. The SMILES string of the molecule is COc1ccc(C(=O)OCC(=O)NC(=O)c2ccccc2)c(O)c1. The number of phenols is 1. The Morgan fingerprint density at radius 3 is 2.42 bits per heavy atom. The zero-order chi connectivity index (χ0) is 17.5. The molecule has 7 heteroatoms. The van der Waals surface area contributed by atoms with E-state index in [4.69, 9.17) is 9.47 Å². The number of carbonyl (C=O) groups excluding carboxylic acids is 3. The molecule has 0 heterocycles. The first-order valence-electron chi connectivity index (χ1n) is 6.94. The zero-order valence-corrected chi connectivity index (χ0v) is 12.8. The topological polar surface area (TPSA) is 102 Å². The highest BCUT2D eigenvalue weighted by atomic mass is 16.5. The van der Waals surface area contributed by atoms with Gasteiger partial charge in [0.05, 0.1) is 7.11 Å². The molecule has 0 aliphatic heterocycles. The molecule has 0 atom stereocenters. The second-order valence-corrected chi connectivity index (χ2v) is 4.70. The third kappa shape index (κ3) is 4.33. The maximum atomic E-state index is 11.8. The molecule has 124 valence electrons. The van der Waals surface area contributed by atoms with Gasteiger partial charge in [-0.1, -0.05) is 18.2 Å². The van der Waals surface area contributed by atoms with E-state index >= 15 is 0 Å². The van der Waals surface area contributed by atoms with Crippen molar-refractivity contribution >= 4 is 17.8 Å². The highest BCUT2D eigenvalue weighted by Crippen LogP contribution is 2.23. The first kappa shape index (κ1) is 17.0. The predicted octanol–water partition coefficient (Wildman–Crippen LogP) is 1.51. The maximum Gasteiger partial charge on any atom is 0.342 e. The van der Waals surface area contributed by atoms with Crippen molar-refractivity contribution in [3.63, 3.8) is 0 Å². The van der Waals surface area contributed by atoms with Crippen molar-refractivity contribution in [3.05, 3.63) is 59.7 Å². The quantitative estimate of drug-likeness (QED) is 0.806. The van der Waals surface area contributed by atoms with Gasteiger partial charge in [-0.15, -0.1) is 0 Å². The van der Waals surface area contributed by atoms with Gasteiger partial charge in [0, 0.05) is 11.6 Å². The van der Waals surface area contributed by atoms with Crippen LogP contribution in [-0.4, -0.2) is 36.6 Å². The summed E-state index contributed by atoms with van der Waals surface area (Å²) in [6.07, 6.45) is 0. The summed E-state index contributed by atoms with van der Waals surface area (Å²) in [5, 5.41) is 11.8. The van der Waals surface area contributed by atoms with Gasteiger partial charge in [0.25, 0.3) is 11.8 Å². The summed E-state index contributed by atoms with van der Waals surface area (Å²) in [6, 6.07) is 12.2. The molecular weight excluding hydrogens is 314 g/mol. The number of hydrogen-bond donors (Lipinski definition) is 2. The lowest BCUT2D eigenvalue weighted by molar-refractivity contribution is -0.123. The van der Waals surface area contributed by atoms with Gasteiger partial charge in [0.1, 0.15) is 17.1 Å². The van der Waals surface area contributed by atoms with Crippen LogP contribution in [0.25, 0.3) is 0 Å². The number of ether oxygens (including phenoxy) is 2.